The first-order chi connectivity index (χ1) is 19.8. The second-order valence-corrected chi connectivity index (χ2v) is 11.3. The van der Waals surface area contributed by atoms with Crippen molar-refractivity contribution in [1.82, 2.24) is 15.6 Å². The Hall–Kier alpha value is -3.46. The molecule has 1 aliphatic carbocycles. The zero-order chi connectivity index (χ0) is 29.8. The molecule has 1 aliphatic heterocycles. The zero-order valence-corrected chi connectivity index (χ0v) is 25.3. The van der Waals surface area contributed by atoms with E-state index in [1.807, 2.05) is 14.1 Å². The molecule has 9 heteroatoms. The van der Waals surface area contributed by atoms with Crippen LogP contribution in [0.4, 0.5) is 5.69 Å². The number of benzene rings is 2. The van der Waals surface area contributed by atoms with Gasteiger partial charge in [0.15, 0.2) is 11.3 Å². The minimum absolute atomic E-state index is 0.0148. The summed E-state index contributed by atoms with van der Waals surface area (Å²) in [5.41, 5.74) is 6.99. The number of unbranched alkanes of at least 4 members (excludes halogenated alkanes) is 9. The molecular formula is C32H48N5O4+. The van der Waals surface area contributed by atoms with E-state index in [0.29, 0.717) is 29.8 Å². The first kappa shape index (κ1) is 32.1. The van der Waals surface area contributed by atoms with Gasteiger partial charge in [0.1, 0.15) is 11.2 Å². The van der Waals surface area contributed by atoms with Crippen LogP contribution in [0.15, 0.2) is 27.4 Å². The molecule has 0 radical (unpaired) electrons. The van der Waals surface area contributed by atoms with Crippen LogP contribution in [0.2, 0.25) is 0 Å². The summed E-state index contributed by atoms with van der Waals surface area (Å²) in [5.74, 6) is -0.540. The van der Waals surface area contributed by atoms with Gasteiger partial charge in [-0.1, -0.05) is 70.8 Å². The van der Waals surface area contributed by atoms with Crippen LogP contribution in [0.3, 0.4) is 0 Å². The third kappa shape index (κ3) is 8.76. The second kappa shape index (κ2) is 16.1. The first-order valence-electron chi connectivity index (χ1n) is 15.3. The van der Waals surface area contributed by atoms with Crippen molar-refractivity contribution >= 4 is 28.6 Å². The van der Waals surface area contributed by atoms with E-state index in [2.05, 4.69) is 17.6 Å². The lowest BCUT2D eigenvalue weighted by atomic mass is 10.00. The molecule has 0 fully saturated rings. The van der Waals surface area contributed by atoms with E-state index >= 15 is 0 Å². The number of nitrogen functional groups attached to an aromatic ring is 1. The van der Waals surface area contributed by atoms with Gasteiger partial charge in [0.25, 0.3) is 11.8 Å². The van der Waals surface area contributed by atoms with Crippen molar-refractivity contribution in [3.05, 3.63) is 45.1 Å². The number of hydrogen-bond donors (Lipinski definition) is 4. The number of para-hydroxylation sites is 1. The Kier molecular flexibility index (Phi) is 12.6. The van der Waals surface area contributed by atoms with Gasteiger partial charge in [0.2, 0.25) is 5.43 Å². The molecule has 5 N–H and O–H groups in total. The molecule has 1 heterocycles. The molecule has 0 atom stereocenters. The topological polar surface area (TPSA) is 132 Å². The average molecular weight is 567 g/mol. The number of fused-ring (bicyclic) bond motifs is 2. The number of aromatic nitrogens is 1. The van der Waals surface area contributed by atoms with Gasteiger partial charge in [-0.2, -0.15) is 0 Å². The monoisotopic (exact) mass is 566 g/mol. The predicted octanol–water partition coefficient (Wildman–Crippen LogP) is 4.10. The molecule has 0 aromatic heterocycles. The lowest BCUT2D eigenvalue weighted by molar-refractivity contribution is -0.858. The molecule has 3 rings (SSSR count). The molecule has 1 aromatic carbocycles. The molecule has 2 aliphatic rings. The summed E-state index contributed by atoms with van der Waals surface area (Å²) in [4.78, 5) is 45.2. The van der Waals surface area contributed by atoms with E-state index < -0.39 is 11.3 Å². The Bertz CT molecular complexity index is 1330. The number of amides is 2. The number of carbonyl (C=O) groups excluding carboxylic acids is 2. The predicted molar refractivity (Wildman–Crippen MR) is 165 cm³/mol. The summed E-state index contributed by atoms with van der Waals surface area (Å²) in [5, 5.41) is 5.85. The summed E-state index contributed by atoms with van der Waals surface area (Å²) >= 11 is 0. The Morgan fingerprint density at radius 2 is 1.51 bits per heavy atom. The van der Waals surface area contributed by atoms with Crippen molar-refractivity contribution < 1.29 is 18.9 Å². The third-order valence-electron chi connectivity index (χ3n) is 7.51. The standard InChI is InChI=1S/C32H47N5O4/c1-5-6-7-8-9-10-11-12-13-14-19-34-31(39)23-17-15-18-24-27(23)36-28-25(32(40)35-20-16-21-37(3)4)26(33)29(38)22(2)30(28)41-24/h15,17-18H,5-14,16,19-21,33H2,1-4H3,(H,34,39)(H,35,40)/p+1. The van der Waals surface area contributed by atoms with Gasteiger partial charge in [-0.3, -0.25) is 14.4 Å². The van der Waals surface area contributed by atoms with E-state index in [1.54, 1.807) is 25.1 Å². The second-order valence-electron chi connectivity index (χ2n) is 11.3. The lowest BCUT2D eigenvalue weighted by Gasteiger charge is -2.16. The Balaban J connectivity index is 1.72. The maximum Gasteiger partial charge on any atom is 0.255 e. The van der Waals surface area contributed by atoms with Crippen LogP contribution in [0.1, 0.15) is 104 Å². The van der Waals surface area contributed by atoms with Crippen molar-refractivity contribution in [1.29, 1.82) is 0 Å². The molecule has 2 amide bonds. The van der Waals surface area contributed by atoms with Crippen molar-refractivity contribution in [3.63, 3.8) is 0 Å². The normalized spacial score (nSPS) is 11.4. The largest absolute Gasteiger partial charge is 0.452 e. The number of rotatable bonds is 17. The highest BCUT2D eigenvalue weighted by Gasteiger charge is 2.28. The molecule has 0 saturated heterocycles. The van der Waals surface area contributed by atoms with Gasteiger partial charge in [-0.05, 0) is 25.5 Å². The first-order valence-corrected chi connectivity index (χ1v) is 15.3. The van der Waals surface area contributed by atoms with E-state index in [9.17, 15) is 14.4 Å². The summed E-state index contributed by atoms with van der Waals surface area (Å²) in [6.07, 6.45) is 13.0. The molecular weight excluding hydrogens is 518 g/mol. The molecule has 0 saturated carbocycles. The van der Waals surface area contributed by atoms with Crippen molar-refractivity contribution in [2.24, 2.45) is 0 Å². The molecule has 0 spiro atoms. The van der Waals surface area contributed by atoms with Crippen LogP contribution in [0, 0.1) is 6.92 Å². The Labute approximate surface area is 243 Å². The number of hydrogen-bond acceptors (Lipinski definition) is 6. The summed E-state index contributed by atoms with van der Waals surface area (Å²) in [7, 11) is 4.08. The number of nitrogens with two attached hydrogens (primary N) is 1. The smallest absolute Gasteiger partial charge is 0.255 e. The maximum absolute atomic E-state index is 13.2. The molecule has 224 valence electrons. The van der Waals surface area contributed by atoms with Crippen LogP contribution in [-0.4, -0.2) is 50.5 Å². The van der Waals surface area contributed by atoms with Crippen molar-refractivity contribution in [2.75, 3.05) is 39.5 Å². The molecule has 1 aromatic rings. The number of quaternary nitrogens is 1. The van der Waals surface area contributed by atoms with E-state index in [1.165, 1.54) is 56.3 Å². The average Bonchev–Trinajstić information content (AvgIpc) is 2.95. The van der Waals surface area contributed by atoms with Crippen LogP contribution in [0.25, 0.3) is 22.6 Å². The van der Waals surface area contributed by atoms with Gasteiger partial charge < -0.3 is 25.7 Å². The maximum atomic E-state index is 13.2. The van der Waals surface area contributed by atoms with Gasteiger partial charge in [-0.15, -0.1) is 0 Å². The highest BCUT2D eigenvalue weighted by Crippen LogP contribution is 2.33. The molecule has 0 unspecified atom stereocenters. The summed E-state index contributed by atoms with van der Waals surface area (Å²) < 4.78 is 6.08. The Morgan fingerprint density at radius 1 is 0.902 bits per heavy atom. The fourth-order valence-corrected chi connectivity index (χ4v) is 5.07. The SMILES string of the molecule is CCCCCCCCCCCCNC(=O)c1cccc2oc3c(C)c(=O)c(N)c(C(=O)NCCC[NH+](C)C)c-3nc12. The highest BCUT2D eigenvalue weighted by atomic mass is 16.3. The quantitative estimate of drug-likeness (QED) is 0.111. The third-order valence-corrected chi connectivity index (χ3v) is 7.51. The number of nitrogens with one attached hydrogen (secondary N) is 3. The van der Waals surface area contributed by atoms with Crippen LogP contribution in [0.5, 0.6) is 0 Å². The number of carbonyl (C=O) groups is 2. The van der Waals surface area contributed by atoms with Crippen LogP contribution in [-0.2, 0) is 0 Å². The summed E-state index contributed by atoms with van der Waals surface area (Å²) in [6, 6.07) is 5.11. The van der Waals surface area contributed by atoms with E-state index in [4.69, 9.17) is 15.1 Å². The van der Waals surface area contributed by atoms with Gasteiger partial charge in [0, 0.05) is 25.1 Å². The van der Waals surface area contributed by atoms with Gasteiger partial charge in [0.05, 0.1) is 37.5 Å². The van der Waals surface area contributed by atoms with Crippen LogP contribution >= 0.6 is 0 Å². The Morgan fingerprint density at radius 3 is 2.17 bits per heavy atom. The van der Waals surface area contributed by atoms with E-state index in [0.717, 1.165) is 25.8 Å². The van der Waals surface area contributed by atoms with Gasteiger partial charge in [-0.25, -0.2) is 4.98 Å². The number of anilines is 1. The number of nitrogens with zero attached hydrogens (tertiary/aromatic N) is 1. The van der Waals surface area contributed by atoms with Crippen molar-refractivity contribution in [3.8, 4) is 11.5 Å². The fraction of sp³-hybridized carbons (Fsp3) is 0.562. The molecule has 41 heavy (non-hydrogen) atoms. The van der Waals surface area contributed by atoms with E-state index in [-0.39, 0.29) is 34.2 Å². The minimum atomic E-state index is -0.483. The summed E-state index contributed by atoms with van der Waals surface area (Å²) in [6.45, 7) is 5.73. The molecule has 9 nitrogen and oxygen atoms in total. The zero-order valence-electron chi connectivity index (χ0n) is 25.3. The molecule has 0 bridgehead atoms. The highest BCUT2D eigenvalue weighted by molar-refractivity contribution is 6.08. The lowest BCUT2D eigenvalue weighted by Crippen LogP contribution is -3.05. The fourth-order valence-electron chi connectivity index (χ4n) is 5.07. The minimum Gasteiger partial charge on any atom is -0.452 e. The van der Waals surface area contributed by atoms with Crippen molar-refractivity contribution in [2.45, 2.75) is 84.5 Å². The van der Waals surface area contributed by atoms with Gasteiger partial charge >= 0.3 is 0 Å². The van der Waals surface area contributed by atoms with Crippen LogP contribution < -0.4 is 26.7 Å².